The largest absolute Gasteiger partial charge is 0.111 e. The first-order valence-corrected chi connectivity index (χ1v) is 8.91. The fraction of sp³-hybridized carbons (Fsp3) is 1.00. The van der Waals surface area contributed by atoms with Crippen LogP contribution in [0.5, 0.6) is 0 Å². The number of hydrogen-bond donors (Lipinski definition) is 2. The van der Waals surface area contributed by atoms with Gasteiger partial charge >= 0.3 is 0 Å². The minimum Gasteiger partial charge on any atom is -0.111 e. The van der Waals surface area contributed by atoms with E-state index in [2.05, 4.69) is 30.2 Å². The van der Waals surface area contributed by atoms with E-state index in [0.717, 1.165) is 5.92 Å². The molecule has 1 unspecified atom stereocenters. The van der Waals surface area contributed by atoms with E-state index >= 15 is 0 Å². The Hall–Kier alpha value is 1.40. The number of rotatable bonds is 9. The van der Waals surface area contributed by atoms with E-state index in [1.807, 2.05) is 0 Å². The Kier molecular flexibility index (Phi) is 12.7. The lowest BCUT2D eigenvalue weighted by atomic mass is 10.00. The fourth-order valence-corrected chi connectivity index (χ4v) is 2.70. The normalized spacial score (nSPS) is 13.2. The highest BCUT2D eigenvalue weighted by molar-refractivity contribution is 8.68. The molecule has 0 heterocycles. The van der Waals surface area contributed by atoms with Crippen molar-refractivity contribution in [3.8, 4) is 0 Å². The molecule has 0 N–H and O–H groups in total. The number of unbranched alkanes of at least 4 members (excludes halogenated alkanes) is 1. The third kappa shape index (κ3) is 11.3. The Labute approximate surface area is 101 Å². The van der Waals surface area contributed by atoms with Crippen LogP contribution in [-0.4, -0.2) is 11.5 Å². The third-order valence-electron chi connectivity index (χ3n) is 2.12. The summed E-state index contributed by atoms with van der Waals surface area (Å²) < 4.78 is 0. The molecule has 80 valence electrons. The molecule has 0 bridgehead atoms. The summed E-state index contributed by atoms with van der Waals surface area (Å²) in [6.07, 6.45) is 6.74. The molecule has 0 rings (SSSR count). The maximum atomic E-state index is 4.13. The van der Waals surface area contributed by atoms with Crippen LogP contribution in [0.2, 0.25) is 0 Å². The molecule has 0 saturated carbocycles. The van der Waals surface area contributed by atoms with E-state index in [9.17, 15) is 0 Å². The fourth-order valence-electron chi connectivity index (χ4n) is 1.30. The second-order valence-electron chi connectivity index (χ2n) is 3.41. The molecule has 0 fully saturated rings. The molecular weight excluding hydrogens is 236 g/mol. The van der Waals surface area contributed by atoms with Gasteiger partial charge in [0.25, 0.3) is 0 Å². The van der Waals surface area contributed by atoms with Crippen molar-refractivity contribution >= 4 is 44.9 Å². The zero-order valence-electron chi connectivity index (χ0n) is 8.24. The molecule has 0 aromatic rings. The lowest BCUT2D eigenvalue weighted by Gasteiger charge is -2.09. The summed E-state index contributed by atoms with van der Waals surface area (Å²) in [5.41, 5.74) is 0. The van der Waals surface area contributed by atoms with Crippen LogP contribution >= 0.6 is 44.9 Å². The molecule has 0 saturated heterocycles. The molecule has 0 aliphatic heterocycles. The second kappa shape index (κ2) is 11.5. The van der Waals surface area contributed by atoms with Crippen LogP contribution in [0.4, 0.5) is 0 Å². The minimum absolute atomic E-state index is 0.894. The maximum absolute atomic E-state index is 4.13. The van der Waals surface area contributed by atoms with Gasteiger partial charge in [-0.1, -0.05) is 41.4 Å². The van der Waals surface area contributed by atoms with E-state index < -0.39 is 0 Å². The molecule has 0 amide bonds. The average molecular weight is 257 g/mol. The third-order valence-corrected chi connectivity index (χ3v) is 4.15. The Morgan fingerprint density at radius 2 is 1.46 bits per heavy atom. The zero-order chi connectivity index (χ0) is 9.94. The average Bonchev–Trinajstić information content (AvgIpc) is 2.13. The van der Waals surface area contributed by atoms with Gasteiger partial charge in [0, 0.05) is 11.5 Å². The smallest absolute Gasteiger partial charge is 0.00346 e. The van der Waals surface area contributed by atoms with E-state index in [1.165, 1.54) is 43.6 Å². The van der Waals surface area contributed by atoms with Gasteiger partial charge in [-0.15, -0.1) is 23.3 Å². The van der Waals surface area contributed by atoms with Crippen LogP contribution in [0.3, 0.4) is 0 Å². The maximum Gasteiger partial charge on any atom is 0.00346 e. The van der Waals surface area contributed by atoms with Gasteiger partial charge in [0.15, 0.2) is 0 Å². The van der Waals surface area contributed by atoms with Crippen molar-refractivity contribution in [2.75, 3.05) is 11.5 Å². The van der Waals surface area contributed by atoms with Crippen LogP contribution in [0, 0.1) is 5.92 Å². The van der Waals surface area contributed by atoms with Crippen LogP contribution in [0.1, 0.15) is 39.0 Å². The summed E-state index contributed by atoms with van der Waals surface area (Å²) in [6, 6.07) is 0. The predicted molar refractivity (Wildman–Crippen MR) is 75.1 cm³/mol. The van der Waals surface area contributed by atoms with Crippen molar-refractivity contribution in [2.45, 2.75) is 39.0 Å². The molecular formula is C9H20S4. The molecule has 4 heteroatoms. The van der Waals surface area contributed by atoms with E-state index in [1.54, 1.807) is 21.6 Å². The highest BCUT2D eigenvalue weighted by atomic mass is 33.1. The van der Waals surface area contributed by atoms with Gasteiger partial charge < -0.3 is 0 Å². The first-order chi connectivity index (χ1) is 6.31. The van der Waals surface area contributed by atoms with Crippen LogP contribution in [0.15, 0.2) is 0 Å². The van der Waals surface area contributed by atoms with Crippen LogP contribution < -0.4 is 0 Å². The summed E-state index contributed by atoms with van der Waals surface area (Å²) >= 11 is 8.25. The number of hydrogen-bond acceptors (Lipinski definition) is 4. The summed E-state index contributed by atoms with van der Waals surface area (Å²) in [5.74, 6) is 3.29. The molecule has 0 aromatic carbocycles. The van der Waals surface area contributed by atoms with Crippen LogP contribution in [-0.2, 0) is 0 Å². The van der Waals surface area contributed by atoms with E-state index in [4.69, 9.17) is 0 Å². The zero-order valence-corrected chi connectivity index (χ0v) is 11.7. The van der Waals surface area contributed by atoms with Crippen molar-refractivity contribution < 1.29 is 0 Å². The number of thiol groups is 2. The molecule has 0 aromatic heterocycles. The summed E-state index contributed by atoms with van der Waals surface area (Å²) in [4.78, 5) is 0. The highest BCUT2D eigenvalue weighted by Gasteiger charge is 2.01. The van der Waals surface area contributed by atoms with Gasteiger partial charge in [0.05, 0.1) is 0 Å². The van der Waals surface area contributed by atoms with Gasteiger partial charge in [-0.3, -0.25) is 0 Å². The summed E-state index contributed by atoms with van der Waals surface area (Å²) in [5, 5.41) is 0. The Balaban J connectivity index is 3.05. The van der Waals surface area contributed by atoms with Gasteiger partial charge in [0.1, 0.15) is 0 Å². The van der Waals surface area contributed by atoms with Crippen molar-refractivity contribution in [1.82, 2.24) is 0 Å². The van der Waals surface area contributed by atoms with Gasteiger partial charge in [-0.05, 0) is 25.2 Å². The van der Waals surface area contributed by atoms with Gasteiger partial charge in [0.2, 0.25) is 0 Å². The highest BCUT2D eigenvalue weighted by Crippen LogP contribution is 2.18. The van der Waals surface area contributed by atoms with Gasteiger partial charge in [-0.25, -0.2) is 0 Å². The molecule has 0 aliphatic carbocycles. The minimum atomic E-state index is 0.894. The topological polar surface area (TPSA) is 0 Å². The quantitative estimate of drug-likeness (QED) is 0.348. The van der Waals surface area contributed by atoms with Crippen molar-refractivity contribution in [1.29, 1.82) is 0 Å². The second-order valence-corrected chi connectivity index (χ2v) is 6.29. The van der Waals surface area contributed by atoms with E-state index in [-0.39, 0.29) is 0 Å². The van der Waals surface area contributed by atoms with Crippen LogP contribution in [0.25, 0.3) is 0 Å². The molecule has 1 atom stereocenters. The standard InChI is InChI=1S/C9H20S4/c1-9(6-4-8-13-11)5-2-3-7-12-10/h9-11H,2-8H2,1H3. The first-order valence-electron chi connectivity index (χ1n) is 4.84. The molecule has 0 spiro atoms. The van der Waals surface area contributed by atoms with Gasteiger partial charge in [-0.2, -0.15) is 0 Å². The summed E-state index contributed by atoms with van der Waals surface area (Å²) in [7, 11) is 3.31. The van der Waals surface area contributed by atoms with Crippen molar-refractivity contribution in [2.24, 2.45) is 5.92 Å². The van der Waals surface area contributed by atoms with Crippen molar-refractivity contribution in [3.63, 3.8) is 0 Å². The van der Waals surface area contributed by atoms with E-state index in [0.29, 0.717) is 0 Å². The predicted octanol–water partition coefficient (Wildman–Crippen LogP) is 4.73. The Morgan fingerprint density at radius 3 is 2.08 bits per heavy atom. The summed E-state index contributed by atoms with van der Waals surface area (Å²) in [6.45, 7) is 2.36. The lowest BCUT2D eigenvalue weighted by molar-refractivity contribution is 0.469. The molecule has 13 heavy (non-hydrogen) atoms. The molecule has 0 aliphatic rings. The Bertz CT molecular complexity index is 97.6. The van der Waals surface area contributed by atoms with Crippen molar-refractivity contribution in [3.05, 3.63) is 0 Å². The SMILES string of the molecule is CC(CCCCSS)CCCSS. The Morgan fingerprint density at radius 1 is 0.923 bits per heavy atom. The monoisotopic (exact) mass is 256 g/mol. The first kappa shape index (κ1) is 14.4. The lowest BCUT2D eigenvalue weighted by Crippen LogP contribution is -1.95. The molecule has 0 nitrogen and oxygen atoms in total. The molecule has 0 radical (unpaired) electrons.